The van der Waals surface area contributed by atoms with E-state index in [1.165, 1.54) is 6.08 Å². The van der Waals surface area contributed by atoms with Crippen LogP contribution in [0.1, 0.15) is 4.88 Å². The van der Waals surface area contributed by atoms with Gasteiger partial charge in [0.1, 0.15) is 0 Å². The van der Waals surface area contributed by atoms with Gasteiger partial charge in [-0.25, -0.2) is 0 Å². The average Bonchev–Trinajstić information content (AvgIpc) is 2.28. The Morgan fingerprint density at radius 1 is 1.55 bits per heavy atom. The number of halogens is 2. The molecule has 56 valence electrons. The van der Waals surface area contributed by atoms with Crippen LogP contribution in [0.5, 0.6) is 0 Å². The zero-order valence-electron chi connectivity index (χ0n) is 5.34. The molecule has 0 saturated heterocycles. The minimum Gasteiger partial charge on any atom is -0.193 e. The van der Waals surface area contributed by atoms with Crippen LogP contribution in [0.4, 0.5) is 0 Å². The fourth-order valence-corrected chi connectivity index (χ4v) is 2.56. The minimum absolute atomic E-state index is 1.03. The molecular weight excluding hydrogens is 290 g/mol. The smallest absolute Gasteiger partial charge is 0.0912 e. The molecule has 0 atom stereocenters. The Balaban J connectivity index is 2.91. The quantitative estimate of drug-likeness (QED) is 0.722. The maximum absolute atomic E-state index is 8.25. The number of hydrogen-bond acceptors (Lipinski definition) is 2. The second-order valence-electron chi connectivity index (χ2n) is 1.73. The number of rotatable bonds is 1. The molecular formula is C7H3Br2NS. The lowest BCUT2D eigenvalue weighted by atomic mass is 10.4. The topological polar surface area (TPSA) is 23.8 Å². The number of nitriles is 1. The molecule has 0 aliphatic carbocycles. The maximum Gasteiger partial charge on any atom is 0.0912 e. The molecule has 0 radical (unpaired) electrons. The summed E-state index contributed by atoms with van der Waals surface area (Å²) in [6, 6.07) is 3.90. The summed E-state index contributed by atoms with van der Waals surface area (Å²) in [5.74, 6) is 0. The first-order valence-electron chi connectivity index (χ1n) is 2.75. The van der Waals surface area contributed by atoms with Gasteiger partial charge in [0.25, 0.3) is 0 Å². The molecule has 0 N–H and O–H groups in total. The molecule has 1 rings (SSSR count). The normalized spacial score (nSPS) is 10.3. The van der Waals surface area contributed by atoms with Gasteiger partial charge >= 0.3 is 0 Å². The van der Waals surface area contributed by atoms with E-state index in [9.17, 15) is 0 Å². The van der Waals surface area contributed by atoms with Crippen LogP contribution in [0.2, 0.25) is 0 Å². The average molecular weight is 293 g/mol. The summed E-state index contributed by atoms with van der Waals surface area (Å²) in [6.07, 6.45) is 3.24. The third-order valence-electron chi connectivity index (χ3n) is 0.986. The predicted octanol–water partition coefficient (Wildman–Crippen LogP) is 3.81. The van der Waals surface area contributed by atoms with E-state index in [4.69, 9.17) is 5.26 Å². The first-order valence-corrected chi connectivity index (χ1v) is 5.15. The molecule has 1 nitrogen and oxygen atoms in total. The van der Waals surface area contributed by atoms with Crippen LogP contribution in [0.3, 0.4) is 0 Å². The highest BCUT2D eigenvalue weighted by Crippen LogP contribution is 2.32. The largest absolute Gasteiger partial charge is 0.193 e. The van der Waals surface area contributed by atoms with Gasteiger partial charge < -0.3 is 0 Å². The van der Waals surface area contributed by atoms with E-state index < -0.39 is 0 Å². The lowest BCUT2D eigenvalue weighted by molar-refractivity contribution is 1.54. The van der Waals surface area contributed by atoms with Gasteiger partial charge in [0.05, 0.1) is 9.86 Å². The SMILES string of the molecule is N#C/C=C/c1cc(Br)c(Br)s1. The molecule has 0 aliphatic rings. The highest BCUT2D eigenvalue weighted by Gasteiger charge is 1.99. The molecule has 0 aromatic carbocycles. The fourth-order valence-electron chi connectivity index (χ4n) is 0.565. The molecule has 0 fully saturated rings. The van der Waals surface area contributed by atoms with Crippen LogP contribution in [0, 0.1) is 11.3 Å². The third-order valence-corrected chi connectivity index (χ3v) is 4.21. The van der Waals surface area contributed by atoms with Crippen LogP contribution in [0.25, 0.3) is 6.08 Å². The lowest BCUT2D eigenvalue weighted by Gasteiger charge is -1.75. The minimum atomic E-state index is 1.03. The Morgan fingerprint density at radius 2 is 2.27 bits per heavy atom. The molecule has 0 spiro atoms. The summed E-state index contributed by atoms with van der Waals surface area (Å²) >= 11 is 8.30. The van der Waals surface area contributed by atoms with Crippen LogP contribution in [-0.4, -0.2) is 0 Å². The van der Waals surface area contributed by atoms with Crippen molar-refractivity contribution in [3.8, 4) is 6.07 Å². The molecule has 1 aromatic rings. The predicted molar refractivity (Wildman–Crippen MR) is 54.4 cm³/mol. The second-order valence-corrected chi connectivity index (χ2v) is 4.99. The van der Waals surface area contributed by atoms with Crippen molar-refractivity contribution in [2.75, 3.05) is 0 Å². The standard InChI is InChI=1S/C7H3Br2NS/c8-6-4-5(2-1-3-10)11-7(6)9/h1-2,4H/b2-1+. The highest BCUT2D eigenvalue weighted by atomic mass is 79.9. The molecule has 0 unspecified atom stereocenters. The Bertz CT molecular complexity index is 302. The van der Waals surface area contributed by atoms with Crippen molar-refractivity contribution >= 4 is 49.3 Å². The van der Waals surface area contributed by atoms with Gasteiger partial charge in [-0.3, -0.25) is 0 Å². The molecule has 0 aliphatic heterocycles. The van der Waals surface area contributed by atoms with Gasteiger partial charge in [-0.1, -0.05) is 0 Å². The van der Waals surface area contributed by atoms with Crippen molar-refractivity contribution in [1.29, 1.82) is 5.26 Å². The van der Waals surface area contributed by atoms with Crippen molar-refractivity contribution in [3.63, 3.8) is 0 Å². The van der Waals surface area contributed by atoms with Gasteiger partial charge in [-0.05, 0) is 44.0 Å². The summed E-state index contributed by atoms with van der Waals surface area (Å²) in [4.78, 5) is 1.06. The summed E-state index contributed by atoms with van der Waals surface area (Å²) in [7, 11) is 0. The maximum atomic E-state index is 8.25. The van der Waals surface area contributed by atoms with Gasteiger partial charge in [0, 0.05) is 15.4 Å². The number of hydrogen-bond donors (Lipinski definition) is 0. The van der Waals surface area contributed by atoms with E-state index in [1.807, 2.05) is 12.1 Å². The van der Waals surface area contributed by atoms with Crippen LogP contribution >= 0.6 is 43.2 Å². The molecule has 0 amide bonds. The fraction of sp³-hybridized carbons (Fsp3) is 0. The van der Waals surface area contributed by atoms with Gasteiger partial charge in [0.2, 0.25) is 0 Å². The summed E-state index contributed by atoms with van der Waals surface area (Å²) in [5.41, 5.74) is 0. The van der Waals surface area contributed by atoms with Crippen LogP contribution in [0.15, 0.2) is 20.4 Å². The third kappa shape index (κ3) is 2.44. The molecule has 11 heavy (non-hydrogen) atoms. The second kappa shape index (κ2) is 4.05. The summed E-state index contributed by atoms with van der Waals surface area (Å²) in [6.45, 7) is 0. The Morgan fingerprint density at radius 3 is 2.73 bits per heavy atom. The van der Waals surface area contributed by atoms with Crippen molar-refractivity contribution in [2.45, 2.75) is 0 Å². The van der Waals surface area contributed by atoms with Crippen molar-refractivity contribution in [2.24, 2.45) is 0 Å². The first-order chi connectivity index (χ1) is 5.24. The summed E-state index contributed by atoms with van der Waals surface area (Å²) in [5, 5.41) is 8.25. The Hall–Kier alpha value is -0.110. The molecule has 0 saturated carbocycles. The van der Waals surface area contributed by atoms with Crippen LogP contribution in [-0.2, 0) is 0 Å². The lowest BCUT2D eigenvalue weighted by Crippen LogP contribution is -1.53. The van der Waals surface area contributed by atoms with Crippen molar-refractivity contribution < 1.29 is 0 Å². The van der Waals surface area contributed by atoms with Crippen LogP contribution < -0.4 is 0 Å². The van der Waals surface area contributed by atoms with E-state index in [-0.39, 0.29) is 0 Å². The van der Waals surface area contributed by atoms with E-state index >= 15 is 0 Å². The van der Waals surface area contributed by atoms with Gasteiger partial charge in [0.15, 0.2) is 0 Å². The summed E-state index contributed by atoms with van der Waals surface area (Å²) < 4.78 is 2.08. The Kier molecular flexibility index (Phi) is 3.31. The van der Waals surface area contributed by atoms with Gasteiger partial charge in [-0.2, -0.15) is 5.26 Å². The van der Waals surface area contributed by atoms with E-state index in [0.29, 0.717) is 0 Å². The zero-order valence-corrected chi connectivity index (χ0v) is 9.33. The van der Waals surface area contributed by atoms with Crippen molar-refractivity contribution in [3.05, 3.63) is 25.3 Å². The number of thiophene rings is 1. The first kappa shape index (κ1) is 8.98. The van der Waals surface area contributed by atoms with E-state index in [0.717, 1.165) is 13.1 Å². The number of nitrogens with zero attached hydrogens (tertiary/aromatic N) is 1. The van der Waals surface area contributed by atoms with Crippen molar-refractivity contribution in [1.82, 2.24) is 0 Å². The van der Waals surface area contributed by atoms with Gasteiger partial charge in [-0.15, -0.1) is 11.3 Å². The molecule has 1 heterocycles. The number of allylic oxidation sites excluding steroid dienone is 1. The molecule has 1 aromatic heterocycles. The van der Waals surface area contributed by atoms with E-state index in [2.05, 4.69) is 31.9 Å². The molecule has 0 bridgehead atoms. The zero-order chi connectivity index (χ0) is 8.27. The van der Waals surface area contributed by atoms with E-state index in [1.54, 1.807) is 17.4 Å². The highest BCUT2D eigenvalue weighted by molar-refractivity contribution is 9.13. The molecule has 4 heteroatoms. The Labute approximate surface area is 85.6 Å². The monoisotopic (exact) mass is 291 g/mol.